The van der Waals surface area contributed by atoms with Crippen molar-refractivity contribution in [3.05, 3.63) is 108 Å². The summed E-state index contributed by atoms with van der Waals surface area (Å²) < 4.78 is 36.6. The zero-order valence-corrected chi connectivity index (χ0v) is 35.7. The summed E-state index contributed by atoms with van der Waals surface area (Å²) in [6.45, 7) is 16.3. The highest BCUT2D eigenvalue weighted by atomic mass is 32.2. The van der Waals surface area contributed by atoms with E-state index in [1.54, 1.807) is 72.7 Å². The lowest BCUT2D eigenvalue weighted by Gasteiger charge is -2.35. The van der Waals surface area contributed by atoms with Gasteiger partial charge in [-0.15, -0.1) is 0 Å². The van der Waals surface area contributed by atoms with Crippen LogP contribution in [0.25, 0.3) is 11.0 Å². The molecule has 1 atom stereocenters. The number of phosphoric acid groups is 1. The molecule has 302 valence electrons. The Morgan fingerprint density at radius 1 is 0.842 bits per heavy atom. The number of carbonyl (C=O) groups is 2. The van der Waals surface area contributed by atoms with Crippen molar-refractivity contribution in [1.82, 2.24) is 20.3 Å². The maximum absolute atomic E-state index is 14.3. The van der Waals surface area contributed by atoms with E-state index >= 15 is 0 Å². The van der Waals surface area contributed by atoms with Gasteiger partial charge >= 0.3 is 13.9 Å². The van der Waals surface area contributed by atoms with Crippen LogP contribution in [-0.2, 0) is 28.4 Å². The zero-order chi connectivity index (χ0) is 41.6. The molecule has 2 amide bonds. The Labute approximate surface area is 338 Å². The molecule has 0 aliphatic carbocycles. The van der Waals surface area contributed by atoms with Crippen molar-refractivity contribution in [2.75, 3.05) is 24.4 Å². The number of anilines is 3. The molecular formula is C42H51N6O7PS. The number of hydrogen-bond acceptors (Lipinski definition) is 12. The molecule has 3 aromatic carbocycles. The number of nitrogens with one attached hydrogen (secondary N) is 3. The van der Waals surface area contributed by atoms with Crippen molar-refractivity contribution in [3.8, 4) is 0 Å². The maximum Gasteiger partial charge on any atom is 0.475 e. The molecule has 5 aromatic rings. The highest BCUT2D eigenvalue weighted by Gasteiger charge is 2.41. The smallest absolute Gasteiger partial charge is 0.453 e. The van der Waals surface area contributed by atoms with Gasteiger partial charge in [0, 0.05) is 26.7 Å². The van der Waals surface area contributed by atoms with Crippen molar-refractivity contribution in [2.24, 2.45) is 0 Å². The molecule has 57 heavy (non-hydrogen) atoms. The number of hydrogen-bond donors (Lipinski definition) is 3. The highest BCUT2D eigenvalue weighted by Crippen LogP contribution is 2.56. The molecule has 0 bridgehead atoms. The summed E-state index contributed by atoms with van der Waals surface area (Å²) in [4.78, 5) is 41.4. The average molecular weight is 815 g/mol. The maximum atomic E-state index is 14.3. The van der Waals surface area contributed by atoms with Gasteiger partial charge in [-0.2, -0.15) is 0 Å². The largest absolute Gasteiger partial charge is 0.475 e. The van der Waals surface area contributed by atoms with Crippen molar-refractivity contribution in [2.45, 2.75) is 94.8 Å². The summed E-state index contributed by atoms with van der Waals surface area (Å²) in [5.74, 6) is 0.307. The Hall–Kier alpha value is -4.85. The number of fused-ring (bicyclic) bond motifs is 1. The number of pyridine rings is 1. The summed E-state index contributed by atoms with van der Waals surface area (Å²) in [7, 11) is -2.83. The first-order valence-corrected chi connectivity index (χ1v) is 20.7. The lowest BCUT2D eigenvalue weighted by Crippen LogP contribution is -2.47. The fourth-order valence-electron chi connectivity index (χ4n) is 5.54. The summed E-state index contributed by atoms with van der Waals surface area (Å²) in [6.07, 6.45) is 0.887. The minimum absolute atomic E-state index is 0.212. The number of amides is 2. The number of carbonyl (C=O) groups excluding carboxylic acids is 2. The van der Waals surface area contributed by atoms with Crippen molar-refractivity contribution >= 4 is 59.8 Å². The Morgan fingerprint density at radius 2 is 1.51 bits per heavy atom. The van der Waals surface area contributed by atoms with Crippen LogP contribution in [0, 0.1) is 0 Å². The van der Waals surface area contributed by atoms with Crippen LogP contribution in [0.3, 0.4) is 0 Å². The van der Waals surface area contributed by atoms with E-state index in [4.69, 9.17) is 23.3 Å². The summed E-state index contributed by atoms with van der Waals surface area (Å²) in [5.41, 5.74) is 0.792. The quantitative estimate of drug-likeness (QED) is 0.0911. The first-order chi connectivity index (χ1) is 26.7. The van der Waals surface area contributed by atoms with Crippen LogP contribution in [0.4, 0.5) is 22.0 Å². The fraction of sp³-hybridized carbons (Fsp3) is 0.357. The van der Waals surface area contributed by atoms with Gasteiger partial charge in [-0.05, 0) is 115 Å². The number of phosphoric ester groups is 1. The van der Waals surface area contributed by atoms with Gasteiger partial charge in [-0.25, -0.2) is 24.3 Å². The van der Waals surface area contributed by atoms with Crippen molar-refractivity contribution in [3.63, 3.8) is 0 Å². The number of rotatable bonds is 14. The molecule has 0 saturated heterocycles. The molecule has 13 nitrogen and oxygen atoms in total. The van der Waals surface area contributed by atoms with Gasteiger partial charge in [-0.3, -0.25) is 23.7 Å². The number of methoxy groups -OCH3 is 1. The molecule has 0 fully saturated rings. The third kappa shape index (κ3) is 12.1. The monoisotopic (exact) mass is 814 g/mol. The second-order valence-corrected chi connectivity index (χ2v) is 18.5. The second kappa shape index (κ2) is 17.7. The van der Waals surface area contributed by atoms with Gasteiger partial charge in [0.15, 0.2) is 5.65 Å². The minimum Gasteiger partial charge on any atom is -0.453 e. The molecule has 2 aromatic heterocycles. The van der Waals surface area contributed by atoms with Gasteiger partial charge in [0.05, 0.1) is 41.5 Å². The van der Waals surface area contributed by atoms with E-state index in [0.29, 0.717) is 39.4 Å². The lowest BCUT2D eigenvalue weighted by molar-refractivity contribution is -0.00469. The first-order valence-electron chi connectivity index (χ1n) is 18.4. The number of benzene rings is 3. The van der Waals surface area contributed by atoms with E-state index in [-0.39, 0.29) is 12.5 Å². The van der Waals surface area contributed by atoms with Crippen LogP contribution in [0.1, 0.15) is 89.8 Å². The number of ether oxygens (including phenoxy) is 1. The van der Waals surface area contributed by atoms with Crippen LogP contribution >= 0.6 is 19.6 Å². The van der Waals surface area contributed by atoms with Crippen molar-refractivity contribution in [1.29, 1.82) is 0 Å². The van der Waals surface area contributed by atoms with Gasteiger partial charge in [0.1, 0.15) is 12.1 Å². The molecule has 2 heterocycles. The summed E-state index contributed by atoms with van der Waals surface area (Å²) in [6, 6.07) is 25.8. The standard InChI is InChI=1S/C42H51N6O7PS/c1-27(2)33-22-21-32-36(46-33)43-26-44-37(32)47-34-24-28(16-23-35(34)57-31-19-17-30(18-20-31)45-39(50)52-10)38(49)48-42(9,29-14-12-11-13-15-29)25-53-56(51,54-40(3,4)5)55-41(6,7)8/h11-24,26-27H,25H2,1-10H3,(H,45,50)(H,48,49)(H,43,44,46,47). The molecule has 15 heteroatoms. The van der Waals surface area contributed by atoms with Crippen LogP contribution in [0.15, 0.2) is 101 Å². The van der Waals surface area contributed by atoms with Gasteiger partial charge in [0.25, 0.3) is 5.91 Å². The Balaban J connectivity index is 1.51. The van der Waals surface area contributed by atoms with Gasteiger partial charge in [0.2, 0.25) is 0 Å². The van der Waals surface area contributed by atoms with E-state index in [2.05, 4.69) is 39.8 Å². The van der Waals surface area contributed by atoms with Crippen LogP contribution in [0.2, 0.25) is 0 Å². The molecule has 5 rings (SSSR count). The van der Waals surface area contributed by atoms with Gasteiger partial charge < -0.3 is 15.4 Å². The van der Waals surface area contributed by atoms with Crippen LogP contribution in [-0.4, -0.2) is 51.9 Å². The van der Waals surface area contributed by atoms with E-state index in [0.717, 1.165) is 15.5 Å². The minimum atomic E-state index is -4.13. The van der Waals surface area contributed by atoms with E-state index in [9.17, 15) is 14.2 Å². The topological polar surface area (TPSA) is 163 Å². The van der Waals surface area contributed by atoms with Crippen LogP contribution < -0.4 is 16.0 Å². The molecule has 0 aliphatic heterocycles. The van der Waals surface area contributed by atoms with E-state index in [1.807, 2.05) is 60.7 Å². The average Bonchev–Trinajstić information content (AvgIpc) is 3.14. The first kappa shape index (κ1) is 43.3. The third-order valence-corrected chi connectivity index (χ3v) is 11.3. The van der Waals surface area contributed by atoms with Crippen LogP contribution in [0.5, 0.6) is 0 Å². The molecule has 0 spiro atoms. The molecule has 1 unspecified atom stereocenters. The Bertz CT molecular complexity index is 2220. The molecule has 0 radical (unpaired) electrons. The van der Waals surface area contributed by atoms with E-state index < -0.39 is 36.6 Å². The SMILES string of the molecule is COC(=O)Nc1ccc(Sc2ccc(C(=O)NC(C)(COP(=O)(OC(C)(C)C)OC(C)(C)C)c3ccccc3)cc2Nc2ncnc3nc(C(C)C)ccc23)cc1. The number of nitrogens with zero attached hydrogens (tertiary/aromatic N) is 3. The Kier molecular flexibility index (Phi) is 13.5. The predicted octanol–water partition coefficient (Wildman–Crippen LogP) is 10.6. The van der Waals surface area contributed by atoms with E-state index in [1.165, 1.54) is 25.2 Å². The molecule has 0 aliphatic rings. The summed E-state index contributed by atoms with van der Waals surface area (Å²) in [5, 5.41) is 9.96. The number of aromatic nitrogens is 3. The fourth-order valence-corrected chi connectivity index (χ4v) is 8.32. The van der Waals surface area contributed by atoms with Crippen molar-refractivity contribution < 1.29 is 32.5 Å². The highest BCUT2D eigenvalue weighted by molar-refractivity contribution is 7.99. The lowest BCUT2D eigenvalue weighted by atomic mass is 9.92. The summed E-state index contributed by atoms with van der Waals surface area (Å²) >= 11 is 1.45. The molecule has 3 N–H and O–H groups in total. The molecular weight excluding hydrogens is 764 g/mol. The normalized spacial score (nSPS) is 13.2. The van der Waals surface area contributed by atoms with Gasteiger partial charge in [-0.1, -0.05) is 55.9 Å². The zero-order valence-electron chi connectivity index (χ0n) is 34.0. The second-order valence-electron chi connectivity index (χ2n) is 15.8. The Morgan fingerprint density at radius 3 is 2.12 bits per heavy atom. The third-order valence-electron chi connectivity index (χ3n) is 8.20. The predicted molar refractivity (Wildman–Crippen MR) is 224 cm³/mol. The molecule has 0 saturated carbocycles.